The van der Waals surface area contributed by atoms with E-state index in [0.717, 1.165) is 44.3 Å². The summed E-state index contributed by atoms with van der Waals surface area (Å²) in [5.41, 5.74) is -0.726. The van der Waals surface area contributed by atoms with Crippen molar-refractivity contribution in [3.05, 3.63) is 30.0 Å². The standard InChI is InChI=1S/C27H33N3O4/c1-23(2)10-12-33-20-17(34-23)8-7-16-19(20)28-22(32)27(16)14-25-15-30-11-6-5-9-26(30,21(31)29-25)13-18(25)24(27,3)4/h7-8,10,12,18H,5-6,9,11,13-15H2,1-4H3,(H,28,32)(H,29,31)/t18-,25+,26-,27+/m0/s1. The first kappa shape index (κ1) is 20.8. The van der Waals surface area contributed by atoms with Gasteiger partial charge in [-0.05, 0) is 81.5 Å². The lowest BCUT2D eigenvalue weighted by atomic mass is 9.56. The molecule has 3 spiro atoms. The zero-order valence-electron chi connectivity index (χ0n) is 20.4. The van der Waals surface area contributed by atoms with Gasteiger partial charge in [0, 0.05) is 6.54 Å². The highest BCUT2D eigenvalue weighted by Crippen LogP contribution is 2.70. The number of rotatable bonds is 0. The van der Waals surface area contributed by atoms with Gasteiger partial charge in [-0.25, -0.2) is 0 Å². The van der Waals surface area contributed by atoms with Crippen LogP contribution in [-0.4, -0.2) is 46.5 Å². The summed E-state index contributed by atoms with van der Waals surface area (Å²) in [5.74, 6) is 1.60. The van der Waals surface area contributed by atoms with Gasteiger partial charge in [-0.1, -0.05) is 19.9 Å². The normalized spacial score (nSPS) is 40.3. The molecule has 34 heavy (non-hydrogen) atoms. The van der Waals surface area contributed by atoms with Crippen LogP contribution < -0.4 is 20.1 Å². The van der Waals surface area contributed by atoms with Gasteiger partial charge in [-0.15, -0.1) is 0 Å². The number of carbonyl (C=O) groups is 2. The van der Waals surface area contributed by atoms with Gasteiger partial charge < -0.3 is 20.1 Å². The van der Waals surface area contributed by atoms with Crippen LogP contribution in [0.4, 0.5) is 5.69 Å². The van der Waals surface area contributed by atoms with Gasteiger partial charge in [-0.2, -0.15) is 0 Å². The first-order chi connectivity index (χ1) is 16.0. The number of amides is 2. The van der Waals surface area contributed by atoms with Crippen LogP contribution in [0.15, 0.2) is 24.5 Å². The monoisotopic (exact) mass is 463 g/mol. The number of hydrogen-bond donors (Lipinski definition) is 2. The van der Waals surface area contributed by atoms with Crippen molar-refractivity contribution < 1.29 is 19.1 Å². The van der Waals surface area contributed by atoms with Gasteiger partial charge in [0.1, 0.15) is 11.1 Å². The molecule has 1 saturated carbocycles. The fourth-order valence-corrected chi connectivity index (χ4v) is 8.51. The Bertz CT molecular complexity index is 1190. The third kappa shape index (κ3) is 2.19. The van der Waals surface area contributed by atoms with E-state index in [0.29, 0.717) is 23.6 Å². The summed E-state index contributed by atoms with van der Waals surface area (Å²) in [6.07, 6.45) is 8.11. The van der Waals surface area contributed by atoms with Crippen molar-refractivity contribution in [2.45, 2.75) is 81.9 Å². The molecule has 5 fully saturated rings. The summed E-state index contributed by atoms with van der Waals surface area (Å²) >= 11 is 0. The molecule has 1 aromatic carbocycles. The van der Waals surface area contributed by atoms with Crippen LogP contribution >= 0.6 is 0 Å². The summed E-state index contributed by atoms with van der Waals surface area (Å²) in [6.45, 7) is 10.2. The van der Waals surface area contributed by atoms with E-state index in [2.05, 4.69) is 29.4 Å². The van der Waals surface area contributed by atoms with Crippen LogP contribution in [0.25, 0.3) is 0 Å². The lowest BCUT2D eigenvalue weighted by Crippen LogP contribution is -2.80. The predicted octanol–water partition coefficient (Wildman–Crippen LogP) is 3.48. The van der Waals surface area contributed by atoms with Crippen LogP contribution in [0, 0.1) is 11.3 Å². The van der Waals surface area contributed by atoms with E-state index in [1.165, 1.54) is 0 Å². The highest BCUT2D eigenvalue weighted by atomic mass is 16.5. The van der Waals surface area contributed by atoms with Crippen molar-refractivity contribution >= 4 is 17.5 Å². The Hall–Kier alpha value is -2.54. The van der Waals surface area contributed by atoms with Crippen molar-refractivity contribution in [2.75, 3.05) is 18.4 Å². The average Bonchev–Trinajstić information content (AvgIpc) is 3.07. The van der Waals surface area contributed by atoms with E-state index < -0.39 is 22.1 Å². The van der Waals surface area contributed by atoms with E-state index in [-0.39, 0.29) is 23.1 Å². The van der Waals surface area contributed by atoms with E-state index >= 15 is 0 Å². The molecular formula is C27H33N3O4. The number of nitrogens with zero attached hydrogens (tertiary/aromatic N) is 1. The molecule has 180 valence electrons. The van der Waals surface area contributed by atoms with E-state index in [1.807, 2.05) is 32.1 Å². The third-order valence-corrected chi connectivity index (χ3v) is 10.1. The molecule has 0 radical (unpaired) electrons. The summed E-state index contributed by atoms with van der Waals surface area (Å²) in [6, 6.07) is 3.99. The number of benzene rings is 1. The van der Waals surface area contributed by atoms with Gasteiger partial charge in [0.05, 0.1) is 22.9 Å². The van der Waals surface area contributed by atoms with Crippen LogP contribution in [0.1, 0.15) is 65.4 Å². The minimum absolute atomic E-state index is 0.00827. The molecule has 4 saturated heterocycles. The fourth-order valence-electron chi connectivity index (χ4n) is 8.51. The maximum absolute atomic E-state index is 14.0. The Labute approximate surface area is 200 Å². The minimum Gasteiger partial charge on any atom is -0.480 e. The van der Waals surface area contributed by atoms with E-state index in [1.54, 1.807) is 6.26 Å². The first-order valence-corrected chi connectivity index (χ1v) is 12.6. The maximum atomic E-state index is 14.0. The lowest BCUT2D eigenvalue weighted by Gasteiger charge is -2.63. The summed E-state index contributed by atoms with van der Waals surface area (Å²) in [7, 11) is 0. The number of anilines is 1. The van der Waals surface area contributed by atoms with E-state index in [9.17, 15) is 9.59 Å². The molecule has 1 aromatic rings. The Morgan fingerprint density at radius 2 is 1.91 bits per heavy atom. The van der Waals surface area contributed by atoms with Crippen LogP contribution in [-0.2, 0) is 15.0 Å². The molecule has 4 atom stereocenters. The van der Waals surface area contributed by atoms with Crippen LogP contribution in [0.2, 0.25) is 0 Å². The molecule has 6 aliphatic heterocycles. The minimum atomic E-state index is -0.746. The number of ether oxygens (including phenoxy) is 2. The zero-order chi connectivity index (χ0) is 23.7. The average molecular weight is 464 g/mol. The maximum Gasteiger partial charge on any atom is 0.241 e. The Balaban J connectivity index is 1.39. The number of carbonyl (C=O) groups excluding carboxylic acids is 2. The number of hydrogen-bond acceptors (Lipinski definition) is 5. The molecule has 7 aliphatic rings. The summed E-state index contributed by atoms with van der Waals surface area (Å²) in [5, 5.41) is 6.70. The van der Waals surface area contributed by atoms with E-state index in [4.69, 9.17) is 9.47 Å². The Morgan fingerprint density at radius 3 is 2.74 bits per heavy atom. The molecule has 7 heteroatoms. The quantitative estimate of drug-likeness (QED) is 0.616. The smallest absolute Gasteiger partial charge is 0.241 e. The summed E-state index contributed by atoms with van der Waals surface area (Å²) in [4.78, 5) is 30.0. The van der Waals surface area contributed by atoms with Gasteiger partial charge in [-0.3, -0.25) is 14.5 Å². The Kier molecular flexibility index (Phi) is 3.66. The number of nitrogens with one attached hydrogen (secondary N) is 2. The molecule has 0 unspecified atom stereocenters. The second kappa shape index (κ2) is 5.99. The molecule has 2 N–H and O–H groups in total. The molecule has 7 nitrogen and oxygen atoms in total. The van der Waals surface area contributed by atoms with Crippen LogP contribution in [0.3, 0.4) is 0 Å². The summed E-state index contributed by atoms with van der Waals surface area (Å²) < 4.78 is 12.2. The third-order valence-electron chi connectivity index (χ3n) is 10.1. The van der Waals surface area contributed by atoms with Crippen molar-refractivity contribution in [3.63, 3.8) is 0 Å². The second-order valence-electron chi connectivity index (χ2n) is 12.5. The van der Waals surface area contributed by atoms with Gasteiger partial charge in [0.25, 0.3) is 0 Å². The molecule has 1 aliphatic carbocycles. The topological polar surface area (TPSA) is 79.9 Å². The first-order valence-electron chi connectivity index (χ1n) is 12.6. The molecule has 8 rings (SSSR count). The highest BCUT2D eigenvalue weighted by molar-refractivity contribution is 6.09. The van der Waals surface area contributed by atoms with Gasteiger partial charge in [0.15, 0.2) is 11.5 Å². The fraction of sp³-hybridized carbons (Fsp3) is 0.630. The molecule has 2 bridgehead atoms. The zero-order valence-corrected chi connectivity index (χ0v) is 20.4. The number of fused-ring (bicyclic) bond motifs is 5. The SMILES string of the molecule is CC1(C)C=COc2c(ccc3c2NC(=O)[C@@]32C[C@@]34CN5CCCC[C@]5(C[C@H]3C2(C)C)C(=O)N4)O1. The second-order valence-corrected chi connectivity index (χ2v) is 12.5. The molecular weight excluding hydrogens is 430 g/mol. The van der Waals surface area contributed by atoms with Crippen molar-refractivity contribution in [1.82, 2.24) is 10.2 Å². The van der Waals surface area contributed by atoms with Crippen molar-refractivity contribution in [1.29, 1.82) is 0 Å². The van der Waals surface area contributed by atoms with Gasteiger partial charge >= 0.3 is 0 Å². The predicted molar refractivity (Wildman–Crippen MR) is 127 cm³/mol. The van der Waals surface area contributed by atoms with Crippen LogP contribution in [0.5, 0.6) is 11.5 Å². The molecule has 2 amide bonds. The number of piperazine rings is 1. The highest BCUT2D eigenvalue weighted by Gasteiger charge is 2.77. The Morgan fingerprint density at radius 1 is 1.09 bits per heavy atom. The molecule has 0 aromatic heterocycles. The largest absolute Gasteiger partial charge is 0.480 e. The number of piperidine rings is 3. The van der Waals surface area contributed by atoms with Crippen molar-refractivity contribution in [3.8, 4) is 11.5 Å². The molecule has 6 heterocycles. The van der Waals surface area contributed by atoms with Gasteiger partial charge in [0.2, 0.25) is 11.8 Å². The van der Waals surface area contributed by atoms with Crippen molar-refractivity contribution in [2.24, 2.45) is 11.3 Å². The lowest BCUT2D eigenvalue weighted by molar-refractivity contribution is -0.167.